The number of halogens is 1. The van der Waals surface area contributed by atoms with Gasteiger partial charge >= 0.3 is 6.03 Å². The number of nitrogens with zero attached hydrogens (tertiary/aromatic N) is 1. The Labute approximate surface area is 123 Å². The van der Waals surface area contributed by atoms with Crippen molar-refractivity contribution >= 4 is 29.0 Å². The molecule has 0 spiro atoms. The second-order valence-electron chi connectivity index (χ2n) is 4.97. The van der Waals surface area contributed by atoms with E-state index in [9.17, 15) is 4.79 Å². The zero-order chi connectivity index (χ0) is 14.1. The van der Waals surface area contributed by atoms with Crippen molar-refractivity contribution in [3.8, 4) is 0 Å². The summed E-state index contributed by atoms with van der Waals surface area (Å²) in [6.07, 6.45) is 0.903. The van der Waals surface area contributed by atoms with Crippen molar-refractivity contribution in [2.24, 2.45) is 0 Å². The lowest BCUT2D eigenvalue weighted by molar-refractivity contribution is 0.257. The standard InChI is InChI=1S/C16H15ClN2O/c1-11-5-6-15-12(9-11)7-8-19(15)16(20)18-14-4-2-3-13(17)10-14/h2-6,9-10H,7-8H2,1H3,(H,18,20). The molecule has 0 atom stereocenters. The number of benzene rings is 2. The summed E-state index contributed by atoms with van der Waals surface area (Å²) in [5.74, 6) is 0. The van der Waals surface area contributed by atoms with Gasteiger partial charge in [-0.3, -0.25) is 4.90 Å². The van der Waals surface area contributed by atoms with E-state index < -0.39 is 0 Å². The third kappa shape index (κ3) is 2.49. The lowest BCUT2D eigenvalue weighted by Gasteiger charge is -2.18. The quantitative estimate of drug-likeness (QED) is 0.835. The first kappa shape index (κ1) is 13.0. The van der Waals surface area contributed by atoms with Gasteiger partial charge in [0.1, 0.15) is 0 Å². The Bertz CT molecular complexity index is 669. The number of carbonyl (C=O) groups is 1. The van der Waals surface area contributed by atoms with Gasteiger partial charge in [0, 0.05) is 22.9 Å². The average molecular weight is 287 g/mol. The molecule has 3 rings (SSSR count). The Morgan fingerprint density at radius 1 is 1.25 bits per heavy atom. The third-order valence-corrected chi connectivity index (χ3v) is 3.69. The van der Waals surface area contributed by atoms with Gasteiger partial charge in [-0.25, -0.2) is 4.79 Å². The van der Waals surface area contributed by atoms with Crippen LogP contribution in [0.5, 0.6) is 0 Å². The van der Waals surface area contributed by atoms with Crippen LogP contribution in [0.15, 0.2) is 42.5 Å². The van der Waals surface area contributed by atoms with Gasteiger partial charge in [-0.1, -0.05) is 35.4 Å². The van der Waals surface area contributed by atoms with Gasteiger partial charge in [-0.2, -0.15) is 0 Å². The summed E-state index contributed by atoms with van der Waals surface area (Å²) < 4.78 is 0. The second-order valence-corrected chi connectivity index (χ2v) is 5.41. The highest BCUT2D eigenvalue weighted by Crippen LogP contribution is 2.29. The van der Waals surface area contributed by atoms with E-state index >= 15 is 0 Å². The van der Waals surface area contributed by atoms with Crippen LogP contribution in [0.25, 0.3) is 0 Å². The van der Waals surface area contributed by atoms with Crippen LogP contribution in [0.3, 0.4) is 0 Å². The maximum Gasteiger partial charge on any atom is 0.326 e. The SMILES string of the molecule is Cc1ccc2c(c1)CCN2C(=O)Nc1cccc(Cl)c1. The molecule has 0 radical (unpaired) electrons. The van der Waals surface area contributed by atoms with E-state index in [0.29, 0.717) is 17.3 Å². The van der Waals surface area contributed by atoms with Crippen molar-refractivity contribution in [3.05, 3.63) is 58.6 Å². The van der Waals surface area contributed by atoms with Gasteiger partial charge in [0.15, 0.2) is 0 Å². The summed E-state index contributed by atoms with van der Waals surface area (Å²) in [5, 5.41) is 3.49. The number of carbonyl (C=O) groups excluding carboxylic acids is 1. The van der Waals surface area contributed by atoms with Crippen molar-refractivity contribution in [3.63, 3.8) is 0 Å². The molecule has 1 aliphatic heterocycles. The predicted octanol–water partition coefficient (Wildman–Crippen LogP) is 4.24. The minimum absolute atomic E-state index is 0.116. The van der Waals surface area contributed by atoms with Crippen LogP contribution in [-0.2, 0) is 6.42 Å². The molecule has 3 nitrogen and oxygen atoms in total. The van der Waals surface area contributed by atoms with Gasteiger partial charge in [-0.15, -0.1) is 0 Å². The van der Waals surface area contributed by atoms with Crippen LogP contribution in [0.1, 0.15) is 11.1 Å². The predicted molar refractivity (Wildman–Crippen MR) is 82.7 cm³/mol. The highest BCUT2D eigenvalue weighted by Gasteiger charge is 2.24. The summed E-state index contributed by atoms with van der Waals surface area (Å²) in [6, 6.07) is 13.2. The van der Waals surface area contributed by atoms with Crippen LogP contribution >= 0.6 is 11.6 Å². The van der Waals surface area contributed by atoms with E-state index in [1.54, 1.807) is 17.0 Å². The van der Waals surface area contributed by atoms with Crippen molar-refractivity contribution in [2.45, 2.75) is 13.3 Å². The summed E-state index contributed by atoms with van der Waals surface area (Å²) >= 11 is 5.92. The van der Waals surface area contributed by atoms with E-state index in [4.69, 9.17) is 11.6 Å². The number of urea groups is 1. The monoisotopic (exact) mass is 286 g/mol. The zero-order valence-electron chi connectivity index (χ0n) is 11.2. The zero-order valence-corrected chi connectivity index (χ0v) is 11.9. The molecule has 0 aliphatic carbocycles. The maximum absolute atomic E-state index is 12.3. The first-order chi connectivity index (χ1) is 9.63. The molecular weight excluding hydrogens is 272 g/mol. The molecular formula is C16H15ClN2O. The highest BCUT2D eigenvalue weighted by atomic mass is 35.5. The fourth-order valence-electron chi connectivity index (χ4n) is 2.50. The molecule has 2 aromatic rings. The molecule has 4 heteroatoms. The Morgan fingerprint density at radius 2 is 2.10 bits per heavy atom. The number of fused-ring (bicyclic) bond motifs is 1. The van der Waals surface area contributed by atoms with E-state index in [1.807, 2.05) is 24.3 Å². The van der Waals surface area contributed by atoms with Crippen LogP contribution in [0, 0.1) is 6.92 Å². The maximum atomic E-state index is 12.3. The fraction of sp³-hybridized carbons (Fsp3) is 0.188. The number of nitrogens with one attached hydrogen (secondary N) is 1. The molecule has 1 heterocycles. The Balaban J connectivity index is 1.80. The average Bonchev–Trinajstić information content (AvgIpc) is 2.81. The highest BCUT2D eigenvalue weighted by molar-refractivity contribution is 6.30. The van der Waals surface area contributed by atoms with Gasteiger partial charge in [0.2, 0.25) is 0 Å². The van der Waals surface area contributed by atoms with E-state index in [2.05, 4.69) is 18.3 Å². The van der Waals surface area contributed by atoms with E-state index in [0.717, 1.165) is 12.1 Å². The van der Waals surface area contributed by atoms with Gasteiger partial charge in [-0.05, 0) is 43.2 Å². The largest absolute Gasteiger partial charge is 0.326 e. The first-order valence-corrected chi connectivity index (χ1v) is 6.95. The smallest absolute Gasteiger partial charge is 0.307 e. The molecule has 0 saturated carbocycles. The number of aryl methyl sites for hydroxylation is 1. The molecule has 102 valence electrons. The fourth-order valence-corrected chi connectivity index (χ4v) is 2.69. The number of hydrogen-bond donors (Lipinski definition) is 1. The number of hydrogen-bond acceptors (Lipinski definition) is 1. The number of rotatable bonds is 1. The molecule has 1 N–H and O–H groups in total. The summed E-state index contributed by atoms with van der Waals surface area (Å²) in [5.41, 5.74) is 4.16. The van der Waals surface area contributed by atoms with Crippen molar-refractivity contribution < 1.29 is 4.79 Å². The molecule has 0 unspecified atom stereocenters. The van der Waals surface area contributed by atoms with E-state index in [-0.39, 0.29) is 6.03 Å². The molecule has 0 saturated heterocycles. The lowest BCUT2D eigenvalue weighted by Crippen LogP contribution is -2.33. The topological polar surface area (TPSA) is 32.3 Å². The second kappa shape index (κ2) is 5.17. The summed E-state index contributed by atoms with van der Waals surface area (Å²) in [4.78, 5) is 14.1. The molecule has 0 aromatic heterocycles. The Hall–Kier alpha value is -2.00. The van der Waals surface area contributed by atoms with Crippen molar-refractivity contribution in [2.75, 3.05) is 16.8 Å². The lowest BCUT2D eigenvalue weighted by atomic mass is 10.1. The van der Waals surface area contributed by atoms with Gasteiger partial charge in [0.25, 0.3) is 0 Å². The first-order valence-electron chi connectivity index (χ1n) is 6.57. The Morgan fingerprint density at radius 3 is 2.90 bits per heavy atom. The minimum Gasteiger partial charge on any atom is -0.307 e. The summed E-state index contributed by atoms with van der Waals surface area (Å²) in [6.45, 7) is 2.78. The number of anilines is 2. The molecule has 0 fully saturated rings. The molecule has 1 aliphatic rings. The van der Waals surface area contributed by atoms with Crippen molar-refractivity contribution in [1.29, 1.82) is 0 Å². The normalized spacial score (nSPS) is 13.2. The molecule has 2 amide bonds. The van der Waals surface area contributed by atoms with Gasteiger partial charge in [0.05, 0.1) is 0 Å². The van der Waals surface area contributed by atoms with E-state index in [1.165, 1.54) is 11.1 Å². The third-order valence-electron chi connectivity index (χ3n) is 3.45. The minimum atomic E-state index is -0.116. The van der Waals surface area contributed by atoms with Crippen molar-refractivity contribution in [1.82, 2.24) is 0 Å². The Kier molecular flexibility index (Phi) is 3.36. The molecule has 0 bridgehead atoms. The van der Waals surface area contributed by atoms with Gasteiger partial charge < -0.3 is 5.32 Å². The van der Waals surface area contributed by atoms with Crippen LogP contribution in [0.4, 0.5) is 16.2 Å². The molecule has 2 aromatic carbocycles. The summed E-state index contributed by atoms with van der Waals surface area (Å²) in [7, 11) is 0. The van der Waals surface area contributed by atoms with Crippen LogP contribution in [0.2, 0.25) is 5.02 Å². The molecule has 20 heavy (non-hydrogen) atoms. The number of amides is 2. The van der Waals surface area contributed by atoms with Crippen LogP contribution in [-0.4, -0.2) is 12.6 Å². The van der Waals surface area contributed by atoms with Crippen LogP contribution < -0.4 is 10.2 Å².